The number of hydrogen-bond donors (Lipinski definition) is 4. The molecule has 1 aromatic heterocycles. The zero-order valence-corrected chi connectivity index (χ0v) is 20.7. The predicted molar refractivity (Wildman–Crippen MR) is 139 cm³/mol. The molecule has 10 nitrogen and oxygen atoms in total. The van der Waals surface area contributed by atoms with E-state index in [1.807, 2.05) is 18.2 Å². The summed E-state index contributed by atoms with van der Waals surface area (Å²) < 4.78 is 11.4. The van der Waals surface area contributed by atoms with Crippen LogP contribution in [0.1, 0.15) is 22.3 Å². The number of carbonyl (C=O) groups is 1. The molecule has 0 bridgehead atoms. The number of nitrogens with one attached hydrogen (secondary N) is 3. The van der Waals surface area contributed by atoms with Crippen LogP contribution < -0.4 is 26.7 Å². The van der Waals surface area contributed by atoms with E-state index in [0.29, 0.717) is 65.0 Å². The molecule has 2 atom stereocenters. The first-order valence-electron chi connectivity index (χ1n) is 12.0. The van der Waals surface area contributed by atoms with Gasteiger partial charge in [0.25, 0.3) is 11.5 Å². The lowest BCUT2D eigenvalue weighted by molar-refractivity contribution is 0.00762. The lowest BCUT2D eigenvalue weighted by Gasteiger charge is -2.38. The molecule has 5 rings (SSSR count). The van der Waals surface area contributed by atoms with E-state index < -0.39 is 0 Å². The Balaban J connectivity index is 1.17. The molecule has 3 aromatic rings. The number of nitrogens with two attached hydrogens (primary N) is 1. The van der Waals surface area contributed by atoms with Crippen LogP contribution >= 0.6 is 11.6 Å². The van der Waals surface area contributed by atoms with Gasteiger partial charge in [0.05, 0.1) is 45.9 Å². The van der Waals surface area contributed by atoms with Crippen molar-refractivity contribution in [2.45, 2.75) is 25.0 Å². The number of nitrogen functional groups attached to an aromatic ring is 1. The molecule has 0 unspecified atom stereocenters. The minimum absolute atomic E-state index is 0.154. The normalized spacial score (nSPS) is 19.6. The first kappa shape index (κ1) is 24.4. The number of fused-ring (bicyclic) bond motifs is 2. The van der Waals surface area contributed by atoms with E-state index in [1.165, 1.54) is 0 Å². The quantitative estimate of drug-likeness (QED) is 0.353. The highest BCUT2D eigenvalue weighted by atomic mass is 35.5. The number of halogens is 1. The Labute approximate surface area is 213 Å². The van der Waals surface area contributed by atoms with Gasteiger partial charge in [0.1, 0.15) is 5.75 Å². The van der Waals surface area contributed by atoms with Gasteiger partial charge in [0.2, 0.25) is 5.95 Å². The fourth-order valence-electron chi connectivity index (χ4n) is 4.87. The summed E-state index contributed by atoms with van der Waals surface area (Å²) in [5.74, 6) is 0.719. The summed E-state index contributed by atoms with van der Waals surface area (Å²) in [4.78, 5) is 34.9. The van der Waals surface area contributed by atoms with E-state index >= 15 is 0 Å². The minimum atomic E-state index is -0.247. The van der Waals surface area contributed by atoms with Crippen molar-refractivity contribution >= 4 is 40.0 Å². The number of benzene rings is 2. The molecule has 190 valence electrons. The Bertz CT molecular complexity index is 1350. The Kier molecular flexibility index (Phi) is 6.99. The summed E-state index contributed by atoms with van der Waals surface area (Å²) in [6, 6.07) is 8.66. The van der Waals surface area contributed by atoms with E-state index in [-0.39, 0.29) is 23.6 Å². The Morgan fingerprint density at radius 2 is 2.22 bits per heavy atom. The van der Waals surface area contributed by atoms with E-state index in [4.69, 9.17) is 26.8 Å². The number of likely N-dealkylation sites (tertiary alicyclic amines) is 1. The molecule has 3 heterocycles. The summed E-state index contributed by atoms with van der Waals surface area (Å²) in [5, 5.41) is 7.23. The van der Waals surface area contributed by atoms with Crippen molar-refractivity contribution in [1.82, 2.24) is 20.2 Å². The van der Waals surface area contributed by atoms with Crippen LogP contribution in [0.3, 0.4) is 0 Å². The number of amides is 1. The average molecular weight is 513 g/mol. The summed E-state index contributed by atoms with van der Waals surface area (Å²) in [7, 11) is 1.65. The molecule has 2 aliphatic rings. The average Bonchev–Trinajstić information content (AvgIpc) is 3.37. The number of H-pyrrole nitrogens is 1. The highest BCUT2D eigenvalue weighted by molar-refractivity contribution is 6.33. The second kappa shape index (κ2) is 10.3. The van der Waals surface area contributed by atoms with E-state index in [9.17, 15) is 9.59 Å². The zero-order chi connectivity index (χ0) is 25.2. The van der Waals surface area contributed by atoms with Crippen LogP contribution in [0.5, 0.6) is 5.75 Å². The van der Waals surface area contributed by atoms with E-state index in [2.05, 4.69) is 25.5 Å². The second-order valence-electron chi connectivity index (χ2n) is 9.03. The number of hydrogen-bond acceptors (Lipinski definition) is 8. The van der Waals surface area contributed by atoms with Gasteiger partial charge in [0, 0.05) is 45.3 Å². The molecular formula is C25H29ClN6O4. The number of carbonyl (C=O) groups excluding carboxylic acids is 1. The third kappa shape index (κ3) is 4.84. The van der Waals surface area contributed by atoms with Gasteiger partial charge in [-0.05, 0) is 24.6 Å². The van der Waals surface area contributed by atoms with Crippen molar-refractivity contribution in [3.05, 3.63) is 56.8 Å². The van der Waals surface area contributed by atoms with Crippen LogP contribution in [-0.2, 0) is 11.2 Å². The maximum Gasteiger partial charge on any atom is 0.260 e. The molecule has 0 saturated carbocycles. The van der Waals surface area contributed by atoms with Crippen LogP contribution in [0.15, 0.2) is 35.1 Å². The highest BCUT2D eigenvalue weighted by Gasteiger charge is 2.32. The van der Waals surface area contributed by atoms with Crippen molar-refractivity contribution < 1.29 is 14.3 Å². The van der Waals surface area contributed by atoms with Gasteiger partial charge >= 0.3 is 0 Å². The van der Waals surface area contributed by atoms with Crippen LogP contribution in [-0.4, -0.2) is 72.8 Å². The molecule has 2 aliphatic heterocycles. The monoisotopic (exact) mass is 512 g/mol. The van der Waals surface area contributed by atoms with Gasteiger partial charge in [0.15, 0.2) is 0 Å². The smallest absolute Gasteiger partial charge is 0.260 e. The third-order valence-electron chi connectivity index (χ3n) is 6.81. The maximum absolute atomic E-state index is 13.1. The number of ether oxygens (including phenoxy) is 2. The van der Waals surface area contributed by atoms with Crippen LogP contribution in [0.4, 0.5) is 11.6 Å². The first-order valence-corrected chi connectivity index (χ1v) is 12.3. The molecule has 1 amide bonds. The minimum Gasteiger partial charge on any atom is -0.492 e. The van der Waals surface area contributed by atoms with Gasteiger partial charge in [-0.2, -0.15) is 0 Å². The number of aromatic amines is 1. The lowest BCUT2D eigenvalue weighted by atomic mass is 10.00. The van der Waals surface area contributed by atoms with Gasteiger partial charge < -0.3 is 25.8 Å². The fraction of sp³-hybridized carbons (Fsp3) is 0.400. The lowest BCUT2D eigenvalue weighted by Crippen LogP contribution is -2.55. The second-order valence-corrected chi connectivity index (χ2v) is 9.43. The molecule has 0 spiro atoms. The van der Waals surface area contributed by atoms with Gasteiger partial charge in [-0.25, -0.2) is 4.98 Å². The zero-order valence-electron chi connectivity index (χ0n) is 20.0. The Morgan fingerprint density at radius 1 is 1.39 bits per heavy atom. The molecule has 5 N–H and O–H groups in total. The molecule has 0 aliphatic carbocycles. The molecular weight excluding hydrogens is 484 g/mol. The molecule has 11 heteroatoms. The topological polar surface area (TPSA) is 135 Å². The number of methoxy groups -OCH3 is 1. The standard InChI is InChI=1S/C25H29ClN6O4/c1-35-20-13-32(10-8-28-25-30-18-5-3-2-4-14(18)23(33)31-25)9-6-19(20)29-24(34)16-12-17(26)21(27)15-7-11-36-22(15)16/h2-5,12,19-20H,6-11,13,27H2,1H3,(H,29,34)(H2,28,30,31,33)/t19-,20+/m1/s1. The van der Waals surface area contributed by atoms with Crippen molar-refractivity contribution in [2.24, 2.45) is 0 Å². The van der Waals surface area contributed by atoms with Crippen molar-refractivity contribution in [3.63, 3.8) is 0 Å². The first-order chi connectivity index (χ1) is 17.4. The molecule has 2 aromatic carbocycles. The molecule has 36 heavy (non-hydrogen) atoms. The van der Waals surface area contributed by atoms with Crippen molar-refractivity contribution in [3.8, 4) is 5.75 Å². The summed E-state index contributed by atoms with van der Waals surface area (Å²) in [6.07, 6.45) is 1.18. The number of nitrogens with zero attached hydrogens (tertiary/aromatic N) is 2. The predicted octanol–water partition coefficient (Wildman–Crippen LogP) is 2.02. The third-order valence-corrected chi connectivity index (χ3v) is 7.12. The van der Waals surface area contributed by atoms with Crippen molar-refractivity contribution in [1.29, 1.82) is 0 Å². The SMILES string of the molecule is CO[C@H]1CN(CCNc2nc3ccccc3c(=O)[nH]2)CC[C@H]1NC(=O)c1cc(Cl)c(N)c2c1OCC2. The fourth-order valence-corrected chi connectivity index (χ4v) is 5.10. The number of piperidine rings is 1. The number of anilines is 2. The number of para-hydroxylation sites is 1. The molecule has 1 fully saturated rings. The van der Waals surface area contributed by atoms with Gasteiger partial charge in [-0.15, -0.1) is 0 Å². The molecule has 0 radical (unpaired) electrons. The molecule has 1 saturated heterocycles. The highest BCUT2D eigenvalue weighted by Crippen LogP contribution is 2.38. The van der Waals surface area contributed by atoms with Crippen molar-refractivity contribution in [2.75, 3.05) is 50.9 Å². The summed E-state index contributed by atoms with van der Waals surface area (Å²) >= 11 is 6.27. The largest absolute Gasteiger partial charge is 0.492 e. The van der Waals surface area contributed by atoms with E-state index in [0.717, 1.165) is 25.1 Å². The summed E-state index contributed by atoms with van der Waals surface area (Å²) in [5.41, 5.74) is 8.21. The van der Waals surface area contributed by atoms with Gasteiger partial charge in [-0.1, -0.05) is 23.7 Å². The van der Waals surface area contributed by atoms with Crippen LogP contribution in [0.25, 0.3) is 10.9 Å². The maximum atomic E-state index is 13.1. The Morgan fingerprint density at radius 3 is 3.06 bits per heavy atom. The van der Waals surface area contributed by atoms with Crippen LogP contribution in [0.2, 0.25) is 5.02 Å². The number of rotatable bonds is 7. The number of aromatic nitrogens is 2. The summed E-state index contributed by atoms with van der Waals surface area (Å²) in [6.45, 7) is 3.25. The van der Waals surface area contributed by atoms with Crippen LogP contribution in [0, 0.1) is 0 Å². The Hall–Kier alpha value is -3.34. The van der Waals surface area contributed by atoms with Gasteiger partial charge in [-0.3, -0.25) is 19.5 Å². The van der Waals surface area contributed by atoms with E-state index in [1.54, 1.807) is 19.2 Å².